The molecule has 5 aromatic rings. The summed E-state index contributed by atoms with van der Waals surface area (Å²) in [6, 6.07) is 13.1. The Kier molecular flexibility index (Phi) is 4.22. The van der Waals surface area contributed by atoms with Crippen molar-refractivity contribution in [2.75, 3.05) is 0 Å². The van der Waals surface area contributed by atoms with Crippen LogP contribution in [-0.2, 0) is 5.75 Å². The number of hydrogen-bond acceptors (Lipinski definition) is 7. The van der Waals surface area contributed by atoms with Crippen LogP contribution < -0.4 is 5.56 Å². The molecule has 4 aromatic heterocycles. The van der Waals surface area contributed by atoms with Crippen molar-refractivity contribution < 1.29 is 4.42 Å². The fourth-order valence-electron chi connectivity index (χ4n) is 2.99. The molecule has 8 heteroatoms. The van der Waals surface area contributed by atoms with E-state index >= 15 is 0 Å². The summed E-state index contributed by atoms with van der Waals surface area (Å²) in [6.07, 6.45) is 1.61. The Balaban J connectivity index is 1.54. The minimum absolute atomic E-state index is 0.0526. The molecule has 1 aromatic carbocycles. The van der Waals surface area contributed by atoms with E-state index in [4.69, 9.17) is 9.40 Å². The first-order valence-electron chi connectivity index (χ1n) is 8.59. The predicted molar refractivity (Wildman–Crippen MR) is 111 cm³/mol. The maximum Gasteiger partial charge on any atom is 0.258 e. The fourth-order valence-corrected chi connectivity index (χ4v) is 4.79. The van der Waals surface area contributed by atoms with Crippen molar-refractivity contribution in [3.63, 3.8) is 0 Å². The van der Waals surface area contributed by atoms with E-state index in [1.807, 2.05) is 48.7 Å². The first kappa shape index (κ1) is 17.2. The third-order valence-electron chi connectivity index (χ3n) is 4.30. The van der Waals surface area contributed by atoms with Gasteiger partial charge in [0.1, 0.15) is 5.03 Å². The van der Waals surface area contributed by atoms with Gasteiger partial charge in [0.05, 0.1) is 17.5 Å². The van der Waals surface area contributed by atoms with Gasteiger partial charge in [-0.2, -0.15) is 0 Å². The van der Waals surface area contributed by atoms with Gasteiger partial charge in [0.25, 0.3) is 5.56 Å². The quantitative estimate of drug-likeness (QED) is 0.322. The van der Waals surface area contributed by atoms with Crippen molar-refractivity contribution >= 4 is 39.0 Å². The molecule has 0 saturated heterocycles. The van der Waals surface area contributed by atoms with E-state index < -0.39 is 0 Å². The second-order valence-corrected chi connectivity index (χ2v) is 8.02. The topological polar surface area (TPSA) is 73.3 Å². The molecule has 0 aliphatic carbocycles. The number of benzene rings is 1. The van der Waals surface area contributed by atoms with Crippen LogP contribution in [0.3, 0.4) is 0 Å². The van der Waals surface area contributed by atoms with Crippen molar-refractivity contribution in [3.05, 3.63) is 75.8 Å². The number of thioether (sulfide) groups is 1. The van der Waals surface area contributed by atoms with Crippen molar-refractivity contribution in [2.45, 2.75) is 17.7 Å². The largest absolute Gasteiger partial charge is 0.461 e. The molecule has 4 heterocycles. The highest BCUT2D eigenvalue weighted by atomic mass is 32.2. The Bertz CT molecular complexity index is 1360. The summed E-state index contributed by atoms with van der Waals surface area (Å²) in [7, 11) is 0. The molecule has 0 saturated carbocycles. The number of hydrogen-bond donors (Lipinski definition) is 0. The molecule has 5 rings (SSSR count). The monoisotopic (exact) mass is 406 g/mol. The highest BCUT2D eigenvalue weighted by Crippen LogP contribution is 2.30. The molecule has 0 amide bonds. The van der Waals surface area contributed by atoms with Crippen LogP contribution >= 0.6 is 23.1 Å². The van der Waals surface area contributed by atoms with Crippen LogP contribution in [0.2, 0.25) is 0 Å². The van der Waals surface area contributed by atoms with Gasteiger partial charge in [0.2, 0.25) is 0 Å². The van der Waals surface area contributed by atoms with Crippen molar-refractivity contribution in [2.24, 2.45) is 0 Å². The number of thiazole rings is 1. The summed E-state index contributed by atoms with van der Waals surface area (Å²) in [5, 5.41) is 3.74. The molecule has 0 unspecified atom stereocenters. The van der Waals surface area contributed by atoms with E-state index in [0.717, 1.165) is 27.3 Å². The maximum atomic E-state index is 12.4. The molecule has 0 N–H and O–H groups in total. The van der Waals surface area contributed by atoms with Gasteiger partial charge in [-0.1, -0.05) is 30.0 Å². The van der Waals surface area contributed by atoms with Crippen molar-refractivity contribution in [3.8, 4) is 11.6 Å². The number of nitrogens with zero attached hydrogens (tertiary/aromatic N) is 4. The van der Waals surface area contributed by atoms with E-state index in [1.165, 1.54) is 23.1 Å². The highest BCUT2D eigenvalue weighted by molar-refractivity contribution is 7.98. The highest BCUT2D eigenvalue weighted by Gasteiger charge is 2.13. The lowest BCUT2D eigenvalue weighted by Crippen LogP contribution is -2.14. The van der Waals surface area contributed by atoms with Crippen molar-refractivity contribution in [1.29, 1.82) is 0 Å². The van der Waals surface area contributed by atoms with Crippen LogP contribution in [0.4, 0.5) is 0 Å². The lowest BCUT2D eigenvalue weighted by Gasteiger charge is -2.07. The number of aromatic nitrogens is 4. The molecule has 0 aliphatic rings. The third-order valence-corrected chi connectivity index (χ3v) is 6.26. The zero-order chi connectivity index (χ0) is 19.1. The SMILES string of the molecule is Cc1csc2nc(CSc3nc(-c4ccco4)nc4ccccc34)cc(=O)n12. The predicted octanol–water partition coefficient (Wildman–Crippen LogP) is 4.56. The normalized spacial score (nSPS) is 11.5. The first-order valence-corrected chi connectivity index (χ1v) is 10.5. The zero-order valence-corrected chi connectivity index (χ0v) is 16.5. The van der Waals surface area contributed by atoms with Gasteiger partial charge in [-0.05, 0) is 25.1 Å². The van der Waals surface area contributed by atoms with Gasteiger partial charge < -0.3 is 4.42 Å². The molecule has 0 spiro atoms. The van der Waals surface area contributed by atoms with E-state index in [0.29, 0.717) is 22.3 Å². The first-order chi connectivity index (χ1) is 13.7. The number of furan rings is 1. The van der Waals surface area contributed by atoms with Gasteiger partial charge in [-0.15, -0.1) is 11.3 Å². The average Bonchev–Trinajstić information content (AvgIpc) is 3.36. The second kappa shape index (κ2) is 6.88. The minimum Gasteiger partial charge on any atom is -0.461 e. The molecule has 28 heavy (non-hydrogen) atoms. The van der Waals surface area contributed by atoms with Crippen molar-refractivity contribution in [1.82, 2.24) is 19.4 Å². The smallest absolute Gasteiger partial charge is 0.258 e. The lowest BCUT2D eigenvalue weighted by molar-refractivity contribution is 0.577. The van der Waals surface area contributed by atoms with E-state index in [2.05, 4.69) is 9.97 Å². The molecule has 6 nitrogen and oxygen atoms in total. The minimum atomic E-state index is -0.0526. The van der Waals surface area contributed by atoms with Gasteiger partial charge >= 0.3 is 0 Å². The van der Waals surface area contributed by atoms with Gasteiger partial charge in [0, 0.05) is 28.3 Å². The second-order valence-electron chi connectivity index (χ2n) is 6.22. The van der Waals surface area contributed by atoms with Gasteiger partial charge in [0.15, 0.2) is 16.5 Å². The van der Waals surface area contributed by atoms with Gasteiger partial charge in [-0.3, -0.25) is 9.20 Å². The third kappa shape index (κ3) is 3.00. The Labute approximate surface area is 167 Å². The van der Waals surface area contributed by atoms with E-state index in [-0.39, 0.29) is 5.56 Å². The molecule has 0 aliphatic heterocycles. The Morgan fingerprint density at radius 1 is 1.14 bits per heavy atom. The molecular formula is C20H14N4O2S2. The van der Waals surface area contributed by atoms with Crippen LogP contribution in [-0.4, -0.2) is 19.4 Å². The number of rotatable bonds is 4. The van der Waals surface area contributed by atoms with E-state index in [9.17, 15) is 4.79 Å². The summed E-state index contributed by atoms with van der Waals surface area (Å²) < 4.78 is 7.10. The summed E-state index contributed by atoms with van der Waals surface area (Å²) in [5.41, 5.74) is 2.44. The van der Waals surface area contributed by atoms with Crippen LogP contribution in [0.15, 0.2) is 68.3 Å². The Hall–Kier alpha value is -2.97. The summed E-state index contributed by atoms with van der Waals surface area (Å²) in [5.74, 6) is 1.71. The number of para-hydroxylation sites is 1. The summed E-state index contributed by atoms with van der Waals surface area (Å²) >= 11 is 3.01. The summed E-state index contributed by atoms with van der Waals surface area (Å²) in [4.78, 5) is 27.0. The maximum absolute atomic E-state index is 12.4. The summed E-state index contributed by atoms with van der Waals surface area (Å²) in [6.45, 7) is 1.91. The van der Waals surface area contributed by atoms with Crippen LogP contribution in [0.1, 0.15) is 11.4 Å². The van der Waals surface area contributed by atoms with E-state index in [1.54, 1.807) is 16.7 Å². The fraction of sp³-hybridized carbons (Fsp3) is 0.100. The molecule has 0 bridgehead atoms. The number of aryl methyl sites for hydroxylation is 1. The van der Waals surface area contributed by atoms with Crippen LogP contribution in [0.5, 0.6) is 0 Å². The van der Waals surface area contributed by atoms with Gasteiger partial charge in [-0.25, -0.2) is 15.0 Å². The molecule has 138 valence electrons. The molecular weight excluding hydrogens is 392 g/mol. The Morgan fingerprint density at radius 3 is 2.89 bits per heavy atom. The molecule has 0 radical (unpaired) electrons. The average molecular weight is 406 g/mol. The number of fused-ring (bicyclic) bond motifs is 2. The standard InChI is InChI=1S/C20H14N4O2S2/c1-12-10-28-20-21-13(9-17(25)24(12)20)11-27-19-14-5-2-3-6-15(14)22-18(23-19)16-7-4-8-26-16/h2-10H,11H2,1H3. The zero-order valence-electron chi connectivity index (χ0n) is 14.8. The van der Waals surface area contributed by atoms with Crippen LogP contribution in [0.25, 0.3) is 27.4 Å². The molecule has 0 fully saturated rings. The van der Waals surface area contributed by atoms with Crippen LogP contribution in [0, 0.1) is 6.92 Å². The Morgan fingerprint density at radius 2 is 2.04 bits per heavy atom. The lowest BCUT2D eigenvalue weighted by atomic mass is 10.2. The molecule has 0 atom stereocenters.